The van der Waals surface area contributed by atoms with Crippen LogP contribution in [0.5, 0.6) is 5.75 Å². The highest BCUT2D eigenvalue weighted by atomic mass is 35.5. The standard InChI is InChI=1S/C9H7ClO3.C3H6O/c1-6(11)13-8-5-3-2-4-7(8)9(10)12;1-3(2)4/h2-5H,1H3;1-2H3. The molecule has 0 saturated carbocycles. The number of esters is 1. The van der Waals surface area contributed by atoms with Gasteiger partial charge in [0.05, 0.1) is 5.56 Å². The van der Waals surface area contributed by atoms with Gasteiger partial charge in [-0.2, -0.15) is 0 Å². The molecule has 1 rings (SSSR count). The van der Waals surface area contributed by atoms with Crippen molar-refractivity contribution in [2.24, 2.45) is 0 Å². The Morgan fingerprint density at radius 3 is 1.94 bits per heavy atom. The van der Waals surface area contributed by atoms with Crippen molar-refractivity contribution < 1.29 is 19.1 Å². The van der Waals surface area contributed by atoms with Crippen LogP contribution in [0.3, 0.4) is 0 Å². The van der Waals surface area contributed by atoms with Crippen molar-refractivity contribution in [1.82, 2.24) is 0 Å². The molecule has 0 amide bonds. The number of Topliss-reactive ketones (excluding diaryl/α,β-unsaturated/α-hetero) is 1. The molecule has 0 aliphatic heterocycles. The first-order valence-corrected chi connectivity index (χ1v) is 5.16. The van der Waals surface area contributed by atoms with Crippen molar-refractivity contribution in [3.63, 3.8) is 0 Å². The Labute approximate surface area is 105 Å². The summed E-state index contributed by atoms with van der Waals surface area (Å²) in [6.45, 7) is 4.31. The normalized spacial score (nSPS) is 8.71. The van der Waals surface area contributed by atoms with E-state index in [1.165, 1.54) is 32.9 Å². The van der Waals surface area contributed by atoms with E-state index in [1.54, 1.807) is 12.1 Å². The maximum Gasteiger partial charge on any atom is 0.308 e. The molecular formula is C12H13ClO4. The van der Waals surface area contributed by atoms with Gasteiger partial charge in [-0.1, -0.05) is 12.1 Å². The lowest BCUT2D eigenvalue weighted by molar-refractivity contribution is -0.131. The third-order valence-corrected chi connectivity index (χ3v) is 1.56. The fraction of sp³-hybridized carbons (Fsp3) is 0.250. The SMILES string of the molecule is CC(=O)Oc1ccccc1C(=O)Cl.CC(C)=O. The first kappa shape index (κ1) is 15.3. The summed E-state index contributed by atoms with van der Waals surface area (Å²) in [5, 5.41) is -0.642. The second-order valence-electron chi connectivity index (χ2n) is 3.27. The van der Waals surface area contributed by atoms with E-state index >= 15 is 0 Å². The Morgan fingerprint density at radius 2 is 1.53 bits per heavy atom. The highest BCUT2D eigenvalue weighted by Gasteiger charge is 2.10. The quantitative estimate of drug-likeness (QED) is 0.464. The van der Waals surface area contributed by atoms with Crippen LogP contribution in [0.15, 0.2) is 24.3 Å². The van der Waals surface area contributed by atoms with Crippen molar-refractivity contribution in [1.29, 1.82) is 0 Å². The molecule has 1 aromatic carbocycles. The molecule has 0 radical (unpaired) electrons. The summed E-state index contributed by atoms with van der Waals surface area (Å²) in [4.78, 5) is 30.9. The van der Waals surface area contributed by atoms with Crippen molar-refractivity contribution >= 4 is 28.6 Å². The minimum atomic E-state index is -0.642. The Morgan fingerprint density at radius 1 is 1.06 bits per heavy atom. The van der Waals surface area contributed by atoms with E-state index in [4.69, 9.17) is 16.3 Å². The molecule has 0 saturated heterocycles. The first-order chi connectivity index (χ1) is 7.84. The van der Waals surface area contributed by atoms with E-state index in [9.17, 15) is 14.4 Å². The molecule has 4 nitrogen and oxygen atoms in total. The fourth-order valence-corrected chi connectivity index (χ4v) is 1.03. The lowest BCUT2D eigenvalue weighted by atomic mass is 10.2. The summed E-state index contributed by atoms with van der Waals surface area (Å²) in [6.07, 6.45) is 0. The monoisotopic (exact) mass is 256 g/mol. The third-order valence-electron chi connectivity index (χ3n) is 1.35. The van der Waals surface area contributed by atoms with Crippen LogP contribution in [-0.2, 0) is 9.59 Å². The molecule has 0 N–H and O–H groups in total. The molecule has 17 heavy (non-hydrogen) atoms. The molecule has 0 heterocycles. The average Bonchev–Trinajstić information content (AvgIpc) is 2.16. The smallest absolute Gasteiger partial charge is 0.308 e. The van der Waals surface area contributed by atoms with Gasteiger partial charge in [-0.25, -0.2) is 0 Å². The predicted molar refractivity (Wildman–Crippen MR) is 64.3 cm³/mol. The molecular weight excluding hydrogens is 244 g/mol. The van der Waals surface area contributed by atoms with E-state index in [-0.39, 0.29) is 17.1 Å². The number of carbonyl (C=O) groups excluding carboxylic acids is 3. The van der Waals surface area contributed by atoms with Gasteiger partial charge >= 0.3 is 5.97 Å². The number of carbonyl (C=O) groups is 3. The average molecular weight is 257 g/mol. The van der Waals surface area contributed by atoms with Crippen molar-refractivity contribution in [3.8, 4) is 5.75 Å². The van der Waals surface area contributed by atoms with Crippen LogP contribution in [0, 0.1) is 0 Å². The van der Waals surface area contributed by atoms with Crippen LogP contribution < -0.4 is 4.74 Å². The molecule has 0 aliphatic rings. The van der Waals surface area contributed by atoms with Gasteiger partial charge < -0.3 is 9.53 Å². The zero-order valence-corrected chi connectivity index (χ0v) is 10.6. The molecule has 0 aliphatic carbocycles. The van der Waals surface area contributed by atoms with Gasteiger partial charge in [0.25, 0.3) is 5.24 Å². The summed E-state index contributed by atoms with van der Waals surface area (Å²) in [7, 11) is 0. The minimum absolute atomic E-state index is 0.167. The van der Waals surface area contributed by atoms with Crippen LogP contribution in [-0.4, -0.2) is 17.0 Å². The van der Waals surface area contributed by atoms with Crippen LogP contribution in [0.1, 0.15) is 31.1 Å². The van der Waals surface area contributed by atoms with E-state index in [2.05, 4.69) is 0 Å². The number of halogens is 1. The second-order valence-corrected chi connectivity index (χ2v) is 3.62. The largest absolute Gasteiger partial charge is 0.426 e. The molecule has 0 aromatic heterocycles. The van der Waals surface area contributed by atoms with Crippen LogP contribution in [0.25, 0.3) is 0 Å². The summed E-state index contributed by atoms with van der Waals surface area (Å²) < 4.78 is 4.76. The van der Waals surface area contributed by atoms with Crippen LogP contribution in [0.2, 0.25) is 0 Å². The first-order valence-electron chi connectivity index (χ1n) is 4.79. The number of ether oxygens (including phenoxy) is 1. The van der Waals surface area contributed by atoms with E-state index in [0.29, 0.717) is 0 Å². The molecule has 1 aromatic rings. The van der Waals surface area contributed by atoms with E-state index in [1.807, 2.05) is 0 Å². The van der Waals surface area contributed by atoms with Gasteiger partial charge in [-0.3, -0.25) is 9.59 Å². The molecule has 0 bridgehead atoms. The Hall–Kier alpha value is -1.68. The molecule has 0 unspecified atom stereocenters. The third kappa shape index (κ3) is 7.25. The number of benzene rings is 1. The van der Waals surface area contributed by atoms with Crippen LogP contribution in [0.4, 0.5) is 0 Å². The Kier molecular flexibility index (Phi) is 6.82. The fourth-order valence-electron chi connectivity index (χ4n) is 0.873. The molecule has 92 valence electrons. The predicted octanol–water partition coefficient (Wildman–Crippen LogP) is 2.59. The van der Waals surface area contributed by atoms with E-state index < -0.39 is 11.2 Å². The van der Waals surface area contributed by atoms with Gasteiger partial charge in [0.2, 0.25) is 0 Å². The van der Waals surface area contributed by atoms with Gasteiger partial charge in [0.1, 0.15) is 11.5 Å². The minimum Gasteiger partial charge on any atom is -0.426 e. The van der Waals surface area contributed by atoms with Gasteiger partial charge in [0.15, 0.2) is 0 Å². The second kappa shape index (κ2) is 7.57. The number of ketones is 1. The van der Waals surface area contributed by atoms with Crippen molar-refractivity contribution in [2.45, 2.75) is 20.8 Å². The number of rotatable bonds is 2. The topological polar surface area (TPSA) is 60.4 Å². The lowest BCUT2D eigenvalue weighted by Crippen LogP contribution is -2.04. The summed E-state index contributed by atoms with van der Waals surface area (Å²) in [6, 6.07) is 6.30. The lowest BCUT2D eigenvalue weighted by Gasteiger charge is -2.03. The maximum absolute atomic E-state index is 10.8. The summed E-state index contributed by atoms with van der Waals surface area (Å²) in [5.41, 5.74) is 0.194. The van der Waals surface area contributed by atoms with Crippen molar-refractivity contribution in [3.05, 3.63) is 29.8 Å². The van der Waals surface area contributed by atoms with Gasteiger partial charge in [0, 0.05) is 6.92 Å². The number of hydrogen-bond donors (Lipinski definition) is 0. The Balaban J connectivity index is 0.000000557. The highest BCUT2D eigenvalue weighted by Crippen LogP contribution is 2.19. The Bertz CT molecular complexity index is 422. The van der Waals surface area contributed by atoms with Crippen LogP contribution >= 0.6 is 11.6 Å². The summed E-state index contributed by atoms with van der Waals surface area (Å²) in [5.74, 6) is -0.125. The molecule has 0 spiro atoms. The molecule has 0 atom stereocenters. The highest BCUT2D eigenvalue weighted by molar-refractivity contribution is 6.68. The zero-order valence-electron chi connectivity index (χ0n) is 9.82. The van der Waals surface area contributed by atoms with Gasteiger partial charge in [-0.15, -0.1) is 0 Å². The number of hydrogen-bond acceptors (Lipinski definition) is 4. The zero-order chi connectivity index (χ0) is 13.4. The number of para-hydroxylation sites is 1. The summed E-state index contributed by atoms with van der Waals surface area (Å²) >= 11 is 5.26. The molecule has 5 heteroatoms. The maximum atomic E-state index is 10.8. The van der Waals surface area contributed by atoms with Gasteiger partial charge in [-0.05, 0) is 37.6 Å². The van der Waals surface area contributed by atoms with Crippen molar-refractivity contribution in [2.75, 3.05) is 0 Å². The van der Waals surface area contributed by atoms with E-state index in [0.717, 1.165) is 0 Å². The molecule has 0 fully saturated rings.